The van der Waals surface area contributed by atoms with Gasteiger partial charge in [-0.25, -0.2) is 0 Å². The van der Waals surface area contributed by atoms with Gasteiger partial charge in [0, 0.05) is 21.8 Å². The SMILES string of the molecule is CCc1oc2ccc(Br)cc2c1C(=O)c1cc(Br)c(O)c(Br)c1. The smallest absolute Gasteiger partial charge is 0.197 e. The Kier molecular flexibility index (Phi) is 4.67. The number of phenolic OH excluding ortho intramolecular Hbond substituents is 1. The maximum Gasteiger partial charge on any atom is 0.197 e. The molecule has 3 aromatic rings. The molecule has 0 aliphatic rings. The lowest BCUT2D eigenvalue weighted by Gasteiger charge is -2.06. The van der Waals surface area contributed by atoms with Gasteiger partial charge in [-0.1, -0.05) is 22.9 Å². The summed E-state index contributed by atoms with van der Waals surface area (Å²) in [6.07, 6.45) is 0.619. The normalized spacial score (nSPS) is 11.1. The van der Waals surface area contributed by atoms with Crippen LogP contribution in [0.3, 0.4) is 0 Å². The maximum absolute atomic E-state index is 13.0. The molecule has 0 fully saturated rings. The highest BCUT2D eigenvalue weighted by molar-refractivity contribution is 9.11. The van der Waals surface area contributed by atoms with E-state index in [4.69, 9.17) is 4.42 Å². The standard InChI is InChI=1S/C17H11Br3O3/c1-2-13-15(10-7-9(18)3-4-14(10)23-13)16(21)8-5-11(19)17(22)12(20)6-8/h3-7,22H,2H2,1H3. The number of ketones is 1. The van der Waals surface area contributed by atoms with E-state index in [0.29, 0.717) is 37.8 Å². The van der Waals surface area contributed by atoms with Crippen molar-refractivity contribution >= 4 is 64.5 Å². The van der Waals surface area contributed by atoms with E-state index in [-0.39, 0.29) is 11.5 Å². The number of aryl methyl sites for hydroxylation is 1. The summed E-state index contributed by atoms with van der Waals surface area (Å²) in [5.74, 6) is 0.584. The van der Waals surface area contributed by atoms with Crippen molar-refractivity contribution in [1.82, 2.24) is 0 Å². The van der Waals surface area contributed by atoms with E-state index < -0.39 is 0 Å². The molecular weight excluding hydrogens is 492 g/mol. The highest BCUT2D eigenvalue weighted by Crippen LogP contribution is 2.36. The van der Waals surface area contributed by atoms with Gasteiger partial charge < -0.3 is 9.52 Å². The van der Waals surface area contributed by atoms with Gasteiger partial charge in [0.1, 0.15) is 17.1 Å². The van der Waals surface area contributed by atoms with E-state index >= 15 is 0 Å². The molecule has 6 heteroatoms. The minimum Gasteiger partial charge on any atom is -0.506 e. The summed E-state index contributed by atoms with van der Waals surface area (Å²) < 4.78 is 7.62. The number of fused-ring (bicyclic) bond motifs is 1. The van der Waals surface area contributed by atoms with Gasteiger partial charge in [-0.05, 0) is 62.2 Å². The molecule has 0 atom stereocenters. The van der Waals surface area contributed by atoms with Crippen LogP contribution in [0.1, 0.15) is 28.6 Å². The summed E-state index contributed by atoms with van der Waals surface area (Å²) in [6.45, 7) is 1.95. The van der Waals surface area contributed by atoms with E-state index in [0.717, 1.165) is 9.86 Å². The van der Waals surface area contributed by atoms with Crippen molar-refractivity contribution in [1.29, 1.82) is 0 Å². The zero-order chi connectivity index (χ0) is 16.7. The number of carbonyl (C=O) groups is 1. The number of furan rings is 1. The van der Waals surface area contributed by atoms with E-state index in [1.807, 2.05) is 25.1 Å². The molecule has 0 aliphatic carbocycles. The van der Waals surface area contributed by atoms with Crippen LogP contribution >= 0.6 is 47.8 Å². The maximum atomic E-state index is 13.0. The van der Waals surface area contributed by atoms with Crippen LogP contribution in [0, 0.1) is 0 Å². The lowest BCUT2D eigenvalue weighted by molar-refractivity contribution is 0.103. The summed E-state index contributed by atoms with van der Waals surface area (Å²) >= 11 is 9.96. The second-order valence-corrected chi connectivity index (χ2v) is 7.64. The Labute approximate surface area is 158 Å². The molecule has 0 spiro atoms. The van der Waals surface area contributed by atoms with Gasteiger partial charge in [0.2, 0.25) is 0 Å². The van der Waals surface area contributed by atoms with Crippen LogP contribution in [0.4, 0.5) is 0 Å². The molecule has 0 amide bonds. The van der Waals surface area contributed by atoms with Gasteiger partial charge in [0.25, 0.3) is 0 Å². The van der Waals surface area contributed by atoms with Crippen molar-refractivity contribution in [2.24, 2.45) is 0 Å². The number of carbonyl (C=O) groups excluding carboxylic acids is 1. The second kappa shape index (κ2) is 6.42. The molecule has 23 heavy (non-hydrogen) atoms. The third kappa shape index (κ3) is 2.99. The van der Waals surface area contributed by atoms with Crippen LogP contribution in [-0.2, 0) is 6.42 Å². The summed E-state index contributed by atoms with van der Waals surface area (Å²) in [5, 5.41) is 10.6. The van der Waals surface area contributed by atoms with Gasteiger partial charge in [-0.15, -0.1) is 0 Å². The topological polar surface area (TPSA) is 50.4 Å². The number of rotatable bonds is 3. The van der Waals surface area contributed by atoms with Crippen LogP contribution in [0.5, 0.6) is 5.75 Å². The van der Waals surface area contributed by atoms with E-state index in [2.05, 4.69) is 47.8 Å². The first-order chi connectivity index (χ1) is 10.9. The van der Waals surface area contributed by atoms with Crippen LogP contribution < -0.4 is 0 Å². The Morgan fingerprint density at radius 1 is 1.13 bits per heavy atom. The van der Waals surface area contributed by atoms with E-state index in [9.17, 15) is 9.90 Å². The van der Waals surface area contributed by atoms with Gasteiger partial charge >= 0.3 is 0 Å². The highest BCUT2D eigenvalue weighted by Gasteiger charge is 2.22. The lowest BCUT2D eigenvalue weighted by atomic mass is 9.99. The van der Waals surface area contributed by atoms with Gasteiger partial charge in [0.15, 0.2) is 5.78 Å². The largest absolute Gasteiger partial charge is 0.506 e. The third-order valence-electron chi connectivity index (χ3n) is 3.55. The monoisotopic (exact) mass is 500 g/mol. The minimum atomic E-state index is -0.139. The Hall–Kier alpha value is -1.11. The molecule has 1 heterocycles. The molecule has 0 aliphatic heterocycles. The first-order valence-electron chi connectivity index (χ1n) is 6.86. The van der Waals surface area contributed by atoms with Gasteiger partial charge in [-0.2, -0.15) is 0 Å². The average molecular weight is 503 g/mol. The quantitative estimate of drug-likeness (QED) is 0.433. The van der Waals surface area contributed by atoms with Crippen molar-refractivity contribution in [3.63, 3.8) is 0 Å². The molecule has 0 bridgehead atoms. The number of hydrogen-bond donors (Lipinski definition) is 1. The number of phenols is 1. The van der Waals surface area contributed by atoms with E-state index in [1.165, 1.54) is 0 Å². The molecule has 0 saturated carbocycles. The van der Waals surface area contributed by atoms with Crippen LogP contribution in [0.15, 0.2) is 48.2 Å². The van der Waals surface area contributed by atoms with Crippen molar-refractivity contribution in [2.75, 3.05) is 0 Å². The fourth-order valence-corrected chi connectivity index (χ4v) is 4.01. The minimum absolute atomic E-state index is 0.0667. The first kappa shape index (κ1) is 16.7. The first-order valence-corrected chi connectivity index (χ1v) is 9.24. The molecule has 0 saturated heterocycles. The predicted molar refractivity (Wildman–Crippen MR) is 100 cm³/mol. The Morgan fingerprint density at radius 3 is 2.39 bits per heavy atom. The van der Waals surface area contributed by atoms with Crippen molar-refractivity contribution < 1.29 is 14.3 Å². The number of hydrogen-bond acceptors (Lipinski definition) is 3. The molecule has 1 aromatic heterocycles. The Morgan fingerprint density at radius 2 is 1.78 bits per heavy atom. The van der Waals surface area contributed by atoms with Crippen molar-refractivity contribution in [2.45, 2.75) is 13.3 Å². The molecule has 0 unspecified atom stereocenters. The molecule has 1 N–H and O–H groups in total. The summed E-state index contributed by atoms with van der Waals surface area (Å²) in [5.41, 5.74) is 1.72. The van der Waals surface area contributed by atoms with Crippen LogP contribution in [-0.4, -0.2) is 10.9 Å². The lowest BCUT2D eigenvalue weighted by Crippen LogP contribution is -2.03. The molecular formula is C17H11Br3O3. The molecule has 118 valence electrons. The molecule has 3 nitrogen and oxygen atoms in total. The molecule has 0 radical (unpaired) electrons. The number of aromatic hydroxyl groups is 1. The van der Waals surface area contributed by atoms with Gasteiger partial charge in [0.05, 0.1) is 14.5 Å². The fourth-order valence-electron chi connectivity index (χ4n) is 2.46. The van der Waals surface area contributed by atoms with Crippen molar-refractivity contribution in [3.8, 4) is 5.75 Å². The number of benzene rings is 2. The highest BCUT2D eigenvalue weighted by atomic mass is 79.9. The average Bonchev–Trinajstić information content (AvgIpc) is 2.89. The third-order valence-corrected chi connectivity index (χ3v) is 5.25. The van der Waals surface area contributed by atoms with Gasteiger partial charge in [-0.3, -0.25) is 4.79 Å². The Bertz CT molecular complexity index is 905. The molecule has 2 aromatic carbocycles. The van der Waals surface area contributed by atoms with E-state index in [1.54, 1.807) is 12.1 Å². The molecule has 3 rings (SSSR count). The predicted octanol–water partition coefficient (Wildman–Crippen LogP) is 6.22. The Balaban J connectivity index is 2.23. The fraction of sp³-hybridized carbons (Fsp3) is 0.118. The van der Waals surface area contributed by atoms with Crippen LogP contribution in [0.2, 0.25) is 0 Å². The van der Waals surface area contributed by atoms with Crippen LogP contribution in [0.25, 0.3) is 11.0 Å². The summed E-state index contributed by atoms with van der Waals surface area (Å²) in [7, 11) is 0. The zero-order valence-electron chi connectivity index (χ0n) is 12.0. The second-order valence-electron chi connectivity index (χ2n) is 5.01. The zero-order valence-corrected chi connectivity index (χ0v) is 16.7. The summed E-state index contributed by atoms with van der Waals surface area (Å²) in [6, 6.07) is 8.83. The summed E-state index contributed by atoms with van der Waals surface area (Å²) in [4.78, 5) is 13.0. The van der Waals surface area contributed by atoms with Crippen molar-refractivity contribution in [3.05, 3.63) is 60.6 Å². The number of halogens is 3.